The quantitative estimate of drug-likeness (QED) is 0.622. The van der Waals surface area contributed by atoms with Crippen molar-refractivity contribution in [3.63, 3.8) is 0 Å². The third-order valence-corrected chi connectivity index (χ3v) is 3.46. The standard InChI is InChI=1S/C8H10BrNO2S/c1-3-12-8(11)7-5(2)10-6(4-9)13-7/h3-4H2,1-2H3. The zero-order chi connectivity index (χ0) is 9.84. The van der Waals surface area contributed by atoms with Crippen molar-refractivity contribution in [1.82, 2.24) is 4.98 Å². The summed E-state index contributed by atoms with van der Waals surface area (Å²) in [6.07, 6.45) is 0. The monoisotopic (exact) mass is 263 g/mol. The number of alkyl halides is 1. The van der Waals surface area contributed by atoms with Gasteiger partial charge in [-0.05, 0) is 13.8 Å². The van der Waals surface area contributed by atoms with E-state index in [0.717, 1.165) is 10.7 Å². The Morgan fingerprint density at radius 2 is 2.38 bits per heavy atom. The van der Waals surface area contributed by atoms with Gasteiger partial charge in [0.25, 0.3) is 0 Å². The molecule has 0 unspecified atom stereocenters. The van der Waals surface area contributed by atoms with E-state index in [2.05, 4.69) is 20.9 Å². The van der Waals surface area contributed by atoms with Crippen LogP contribution in [0.4, 0.5) is 0 Å². The molecule has 1 aromatic rings. The van der Waals surface area contributed by atoms with Gasteiger partial charge < -0.3 is 4.74 Å². The second-order valence-electron chi connectivity index (χ2n) is 2.38. The molecule has 0 atom stereocenters. The lowest BCUT2D eigenvalue weighted by molar-refractivity contribution is 0.0531. The number of aromatic nitrogens is 1. The van der Waals surface area contributed by atoms with Crippen LogP contribution in [-0.4, -0.2) is 17.6 Å². The number of rotatable bonds is 3. The van der Waals surface area contributed by atoms with Crippen molar-refractivity contribution < 1.29 is 9.53 Å². The Labute approximate surface area is 89.3 Å². The van der Waals surface area contributed by atoms with Gasteiger partial charge in [0.2, 0.25) is 0 Å². The van der Waals surface area contributed by atoms with Crippen molar-refractivity contribution in [1.29, 1.82) is 0 Å². The van der Waals surface area contributed by atoms with Crippen LogP contribution in [0.3, 0.4) is 0 Å². The molecule has 0 aliphatic rings. The molecule has 1 rings (SSSR count). The highest BCUT2D eigenvalue weighted by Gasteiger charge is 2.15. The average molecular weight is 264 g/mol. The summed E-state index contributed by atoms with van der Waals surface area (Å²) in [4.78, 5) is 16.1. The minimum Gasteiger partial charge on any atom is -0.462 e. The summed E-state index contributed by atoms with van der Waals surface area (Å²) in [5, 5.41) is 1.58. The minimum absolute atomic E-state index is 0.273. The average Bonchev–Trinajstić information content (AvgIpc) is 2.47. The lowest BCUT2D eigenvalue weighted by atomic mass is 10.4. The molecule has 3 nitrogen and oxygen atoms in total. The predicted octanol–water partition coefficient (Wildman–Crippen LogP) is 2.52. The fourth-order valence-electron chi connectivity index (χ4n) is 0.895. The zero-order valence-corrected chi connectivity index (χ0v) is 9.87. The zero-order valence-electron chi connectivity index (χ0n) is 7.46. The topological polar surface area (TPSA) is 39.2 Å². The highest BCUT2D eigenvalue weighted by atomic mass is 79.9. The summed E-state index contributed by atoms with van der Waals surface area (Å²) in [7, 11) is 0. The van der Waals surface area contributed by atoms with Crippen molar-refractivity contribution in [3.05, 3.63) is 15.6 Å². The molecule has 0 saturated carbocycles. The molecule has 1 heterocycles. The van der Waals surface area contributed by atoms with E-state index in [4.69, 9.17) is 4.74 Å². The van der Waals surface area contributed by atoms with Crippen LogP contribution in [0.2, 0.25) is 0 Å². The second-order valence-corrected chi connectivity index (χ2v) is 4.02. The van der Waals surface area contributed by atoms with Crippen LogP contribution in [-0.2, 0) is 10.1 Å². The van der Waals surface area contributed by atoms with E-state index in [9.17, 15) is 4.79 Å². The molecule has 0 fully saturated rings. The van der Waals surface area contributed by atoms with Crippen LogP contribution < -0.4 is 0 Å². The molecular weight excluding hydrogens is 254 g/mol. The first-order valence-corrected chi connectivity index (χ1v) is 5.82. The maximum atomic E-state index is 11.3. The Balaban J connectivity index is 2.87. The van der Waals surface area contributed by atoms with Crippen molar-refractivity contribution in [2.75, 3.05) is 6.61 Å². The van der Waals surface area contributed by atoms with E-state index in [1.165, 1.54) is 11.3 Å². The van der Waals surface area contributed by atoms with Gasteiger partial charge in [-0.25, -0.2) is 9.78 Å². The van der Waals surface area contributed by atoms with Gasteiger partial charge in [-0.15, -0.1) is 11.3 Å². The Bertz CT molecular complexity index is 311. The smallest absolute Gasteiger partial charge is 0.350 e. The first-order valence-electron chi connectivity index (χ1n) is 3.88. The Hall–Kier alpha value is -0.420. The third-order valence-electron chi connectivity index (χ3n) is 1.42. The highest BCUT2D eigenvalue weighted by molar-refractivity contribution is 9.08. The lowest BCUT2D eigenvalue weighted by Crippen LogP contribution is -2.03. The Kier molecular flexibility index (Phi) is 3.87. The first kappa shape index (κ1) is 10.7. The van der Waals surface area contributed by atoms with Crippen LogP contribution in [0, 0.1) is 6.92 Å². The van der Waals surface area contributed by atoms with Gasteiger partial charge in [-0.1, -0.05) is 15.9 Å². The van der Waals surface area contributed by atoms with Crippen LogP contribution in [0.1, 0.15) is 27.3 Å². The molecule has 5 heteroatoms. The number of halogens is 1. The number of aryl methyl sites for hydroxylation is 1. The molecule has 0 bridgehead atoms. The van der Waals surface area contributed by atoms with Gasteiger partial charge in [0.15, 0.2) is 0 Å². The Morgan fingerprint density at radius 3 is 2.85 bits per heavy atom. The molecular formula is C8H10BrNO2S. The highest BCUT2D eigenvalue weighted by Crippen LogP contribution is 2.20. The molecule has 13 heavy (non-hydrogen) atoms. The van der Waals surface area contributed by atoms with Crippen molar-refractivity contribution in [2.45, 2.75) is 19.2 Å². The fourth-order valence-corrected chi connectivity index (χ4v) is 2.17. The molecule has 0 radical (unpaired) electrons. The molecule has 72 valence electrons. The number of hydrogen-bond acceptors (Lipinski definition) is 4. The van der Waals surface area contributed by atoms with E-state index in [0.29, 0.717) is 16.8 Å². The van der Waals surface area contributed by atoms with Gasteiger partial charge in [0, 0.05) is 0 Å². The molecule has 0 aliphatic heterocycles. The van der Waals surface area contributed by atoms with Gasteiger partial charge in [-0.3, -0.25) is 0 Å². The fraction of sp³-hybridized carbons (Fsp3) is 0.500. The molecule has 0 aromatic carbocycles. The van der Waals surface area contributed by atoms with Crippen molar-refractivity contribution >= 4 is 33.2 Å². The summed E-state index contributed by atoms with van der Waals surface area (Å²) < 4.78 is 4.88. The number of esters is 1. The normalized spacial score (nSPS) is 10.1. The number of hydrogen-bond donors (Lipinski definition) is 0. The molecule has 0 amide bonds. The Morgan fingerprint density at radius 1 is 1.69 bits per heavy atom. The van der Waals surface area contributed by atoms with Crippen molar-refractivity contribution in [3.8, 4) is 0 Å². The van der Waals surface area contributed by atoms with E-state index in [1.807, 2.05) is 6.92 Å². The van der Waals surface area contributed by atoms with Crippen LogP contribution >= 0.6 is 27.3 Å². The van der Waals surface area contributed by atoms with E-state index in [-0.39, 0.29) is 5.97 Å². The summed E-state index contributed by atoms with van der Waals surface area (Å²) >= 11 is 4.66. The number of ether oxygens (including phenoxy) is 1. The summed E-state index contributed by atoms with van der Waals surface area (Å²) in [5.41, 5.74) is 0.748. The SMILES string of the molecule is CCOC(=O)c1sc(CBr)nc1C. The summed E-state index contributed by atoms with van der Waals surface area (Å²) in [6, 6.07) is 0. The predicted molar refractivity (Wildman–Crippen MR) is 55.4 cm³/mol. The van der Waals surface area contributed by atoms with E-state index in [1.54, 1.807) is 6.92 Å². The molecule has 1 aromatic heterocycles. The van der Waals surface area contributed by atoms with Gasteiger partial charge in [0.05, 0.1) is 17.6 Å². The maximum Gasteiger partial charge on any atom is 0.350 e. The summed E-state index contributed by atoms with van der Waals surface area (Å²) in [5.74, 6) is -0.273. The molecule has 0 saturated heterocycles. The van der Waals surface area contributed by atoms with Crippen LogP contribution in [0.5, 0.6) is 0 Å². The van der Waals surface area contributed by atoms with Crippen molar-refractivity contribution in [2.24, 2.45) is 0 Å². The second kappa shape index (κ2) is 4.72. The van der Waals surface area contributed by atoms with E-state index < -0.39 is 0 Å². The number of carbonyl (C=O) groups is 1. The van der Waals surface area contributed by atoms with Crippen LogP contribution in [0.15, 0.2) is 0 Å². The molecule has 0 spiro atoms. The molecule has 0 N–H and O–H groups in total. The lowest BCUT2D eigenvalue weighted by Gasteiger charge is -1.97. The van der Waals surface area contributed by atoms with E-state index >= 15 is 0 Å². The maximum absolute atomic E-state index is 11.3. The minimum atomic E-state index is -0.273. The largest absolute Gasteiger partial charge is 0.462 e. The molecule has 0 aliphatic carbocycles. The first-order chi connectivity index (χ1) is 6.19. The van der Waals surface area contributed by atoms with Crippen LogP contribution in [0.25, 0.3) is 0 Å². The number of carbonyl (C=O) groups excluding carboxylic acids is 1. The van der Waals surface area contributed by atoms with Gasteiger partial charge in [-0.2, -0.15) is 0 Å². The van der Waals surface area contributed by atoms with Gasteiger partial charge in [0.1, 0.15) is 9.88 Å². The third kappa shape index (κ3) is 2.51. The summed E-state index contributed by atoms with van der Waals surface area (Å²) in [6.45, 7) is 4.01. The number of nitrogens with zero attached hydrogens (tertiary/aromatic N) is 1. The number of thiazole rings is 1. The van der Waals surface area contributed by atoms with Gasteiger partial charge >= 0.3 is 5.97 Å².